The van der Waals surface area contributed by atoms with Gasteiger partial charge >= 0.3 is 0 Å². The van der Waals surface area contributed by atoms with E-state index in [1.54, 1.807) is 12.1 Å². The van der Waals surface area contributed by atoms with Crippen LogP contribution in [0.1, 0.15) is 44.2 Å². The summed E-state index contributed by atoms with van der Waals surface area (Å²) in [6, 6.07) is 6.64. The summed E-state index contributed by atoms with van der Waals surface area (Å²) in [7, 11) is 0. The normalized spacial score (nSPS) is 17.5. The van der Waals surface area contributed by atoms with Gasteiger partial charge in [-0.1, -0.05) is 31.5 Å². The molecule has 0 aromatic heterocycles. The number of hydrogen-bond donors (Lipinski definition) is 1. The van der Waals surface area contributed by atoms with Gasteiger partial charge in [-0.05, 0) is 44.3 Å². The topological polar surface area (TPSA) is 29.3 Å². The smallest absolute Gasteiger partial charge is 0.127 e. The SMILES string of the molecule is CCN(CCC(N)c1ccccc1F)CC1CCC1. The van der Waals surface area contributed by atoms with E-state index >= 15 is 0 Å². The van der Waals surface area contributed by atoms with Crippen LogP contribution in [0.3, 0.4) is 0 Å². The maximum atomic E-state index is 13.6. The lowest BCUT2D eigenvalue weighted by Crippen LogP contribution is -2.34. The van der Waals surface area contributed by atoms with Gasteiger partial charge in [-0.2, -0.15) is 0 Å². The number of hydrogen-bond acceptors (Lipinski definition) is 2. The molecular weight excluding hydrogens is 239 g/mol. The average Bonchev–Trinajstić information content (AvgIpc) is 2.37. The van der Waals surface area contributed by atoms with Gasteiger partial charge in [-0.15, -0.1) is 0 Å². The van der Waals surface area contributed by atoms with Crippen molar-refractivity contribution in [3.05, 3.63) is 35.6 Å². The van der Waals surface area contributed by atoms with Crippen LogP contribution < -0.4 is 5.73 Å². The lowest BCUT2D eigenvalue weighted by atomic mass is 9.85. The molecule has 2 rings (SSSR count). The standard InChI is InChI=1S/C16H25FN2/c1-2-19(12-13-6-5-7-13)11-10-16(18)14-8-3-4-9-15(14)17/h3-4,8-9,13,16H,2,5-7,10-12,18H2,1H3. The molecule has 1 atom stereocenters. The van der Waals surface area contributed by atoms with Gasteiger partial charge in [-0.25, -0.2) is 4.39 Å². The van der Waals surface area contributed by atoms with Crippen molar-refractivity contribution in [1.82, 2.24) is 4.90 Å². The zero-order chi connectivity index (χ0) is 13.7. The molecule has 0 aliphatic heterocycles. The first kappa shape index (κ1) is 14.5. The highest BCUT2D eigenvalue weighted by molar-refractivity contribution is 5.20. The molecule has 1 aliphatic rings. The molecule has 0 saturated heterocycles. The monoisotopic (exact) mass is 264 g/mol. The first-order chi connectivity index (χ1) is 9.20. The van der Waals surface area contributed by atoms with E-state index in [-0.39, 0.29) is 11.9 Å². The quantitative estimate of drug-likeness (QED) is 0.818. The minimum atomic E-state index is -0.198. The second kappa shape index (κ2) is 7.01. The summed E-state index contributed by atoms with van der Waals surface area (Å²) in [5.41, 5.74) is 6.75. The van der Waals surface area contributed by atoms with Crippen LogP contribution in [-0.2, 0) is 0 Å². The minimum absolute atomic E-state index is 0.183. The highest BCUT2D eigenvalue weighted by atomic mass is 19.1. The fourth-order valence-corrected chi connectivity index (χ4v) is 2.67. The summed E-state index contributed by atoms with van der Waals surface area (Å²) in [5, 5.41) is 0. The highest BCUT2D eigenvalue weighted by Crippen LogP contribution is 2.27. The van der Waals surface area contributed by atoms with Crippen molar-refractivity contribution in [3.63, 3.8) is 0 Å². The number of benzene rings is 1. The van der Waals surface area contributed by atoms with Crippen molar-refractivity contribution in [2.45, 2.75) is 38.6 Å². The molecule has 1 unspecified atom stereocenters. The molecule has 1 fully saturated rings. The molecule has 0 spiro atoms. The van der Waals surface area contributed by atoms with Crippen molar-refractivity contribution in [1.29, 1.82) is 0 Å². The Morgan fingerprint density at radius 3 is 2.68 bits per heavy atom. The van der Waals surface area contributed by atoms with E-state index in [0.29, 0.717) is 5.56 Å². The van der Waals surface area contributed by atoms with Crippen LogP contribution in [0.15, 0.2) is 24.3 Å². The summed E-state index contributed by atoms with van der Waals surface area (Å²) in [4.78, 5) is 2.45. The summed E-state index contributed by atoms with van der Waals surface area (Å²) in [6.07, 6.45) is 4.95. The van der Waals surface area contributed by atoms with E-state index in [4.69, 9.17) is 5.73 Å². The second-order valence-corrected chi connectivity index (χ2v) is 5.61. The molecule has 1 aromatic rings. The van der Waals surface area contributed by atoms with Crippen LogP contribution in [0.2, 0.25) is 0 Å². The van der Waals surface area contributed by atoms with Gasteiger partial charge in [-0.3, -0.25) is 0 Å². The second-order valence-electron chi connectivity index (χ2n) is 5.61. The molecule has 2 N–H and O–H groups in total. The third-order valence-corrected chi connectivity index (χ3v) is 4.25. The fourth-order valence-electron chi connectivity index (χ4n) is 2.67. The Labute approximate surface area is 115 Å². The molecule has 106 valence electrons. The van der Waals surface area contributed by atoms with Gasteiger partial charge in [0.15, 0.2) is 0 Å². The molecule has 0 heterocycles. The highest BCUT2D eigenvalue weighted by Gasteiger charge is 2.20. The molecule has 0 radical (unpaired) electrons. The van der Waals surface area contributed by atoms with Crippen molar-refractivity contribution in [2.75, 3.05) is 19.6 Å². The number of nitrogens with two attached hydrogens (primary N) is 1. The largest absolute Gasteiger partial charge is 0.324 e. The van der Waals surface area contributed by atoms with E-state index in [2.05, 4.69) is 11.8 Å². The van der Waals surface area contributed by atoms with Crippen molar-refractivity contribution in [2.24, 2.45) is 11.7 Å². The van der Waals surface area contributed by atoms with Gasteiger partial charge in [0.2, 0.25) is 0 Å². The number of nitrogens with zero attached hydrogens (tertiary/aromatic N) is 1. The molecule has 19 heavy (non-hydrogen) atoms. The first-order valence-electron chi connectivity index (χ1n) is 7.43. The number of rotatable bonds is 7. The minimum Gasteiger partial charge on any atom is -0.324 e. The van der Waals surface area contributed by atoms with Crippen LogP contribution in [0, 0.1) is 11.7 Å². The lowest BCUT2D eigenvalue weighted by Gasteiger charge is -2.32. The zero-order valence-electron chi connectivity index (χ0n) is 11.8. The molecule has 0 bridgehead atoms. The molecule has 1 aromatic carbocycles. The molecule has 0 amide bonds. The summed E-state index contributed by atoms with van der Waals surface area (Å²) in [6.45, 7) is 5.39. The summed E-state index contributed by atoms with van der Waals surface area (Å²) >= 11 is 0. The third kappa shape index (κ3) is 4.02. The third-order valence-electron chi connectivity index (χ3n) is 4.25. The van der Waals surface area contributed by atoms with E-state index in [0.717, 1.165) is 25.4 Å². The molecule has 2 nitrogen and oxygen atoms in total. The lowest BCUT2D eigenvalue weighted by molar-refractivity contribution is 0.179. The zero-order valence-corrected chi connectivity index (χ0v) is 11.8. The maximum Gasteiger partial charge on any atom is 0.127 e. The van der Waals surface area contributed by atoms with Gasteiger partial charge in [0.25, 0.3) is 0 Å². The van der Waals surface area contributed by atoms with Crippen LogP contribution in [-0.4, -0.2) is 24.5 Å². The van der Waals surface area contributed by atoms with Crippen molar-refractivity contribution < 1.29 is 4.39 Å². The Kier molecular flexibility index (Phi) is 5.34. The Morgan fingerprint density at radius 2 is 2.11 bits per heavy atom. The molecule has 1 aliphatic carbocycles. The molecule has 1 saturated carbocycles. The summed E-state index contributed by atoms with van der Waals surface area (Å²) in [5.74, 6) is 0.696. The van der Waals surface area contributed by atoms with E-state index in [1.807, 2.05) is 6.07 Å². The van der Waals surface area contributed by atoms with Gasteiger partial charge < -0.3 is 10.6 Å². The van der Waals surface area contributed by atoms with E-state index in [9.17, 15) is 4.39 Å². The summed E-state index contributed by atoms with van der Waals surface area (Å²) < 4.78 is 13.6. The van der Waals surface area contributed by atoms with E-state index < -0.39 is 0 Å². The van der Waals surface area contributed by atoms with Crippen molar-refractivity contribution in [3.8, 4) is 0 Å². The Morgan fingerprint density at radius 1 is 1.37 bits per heavy atom. The molecule has 3 heteroatoms. The first-order valence-corrected chi connectivity index (χ1v) is 7.43. The maximum absolute atomic E-state index is 13.6. The Bertz CT molecular complexity index is 390. The van der Waals surface area contributed by atoms with Crippen LogP contribution in [0.25, 0.3) is 0 Å². The number of halogens is 1. The fraction of sp³-hybridized carbons (Fsp3) is 0.625. The Hall–Kier alpha value is -0.930. The van der Waals surface area contributed by atoms with Crippen molar-refractivity contribution >= 4 is 0 Å². The average molecular weight is 264 g/mol. The predicted octanol–water partition coefficient (Wildman–Crippen LogP) is 3.34. The predicted molar refractivity (Wildman–Crippen MR) is 77.4 cm³/mol. The van der Waals surface area contributed by atoms with Gasteiger partial charge in [0.05, 0.1) is 0 Å². The van der Waals surface area contributed by atoms with Gasteiger partial charge in [0.1, 0.15) is 5.82 Å². The van der Waals surface area contributed by atoms with Crippen LogP contribution >= 0.6 is 0 Å². The van der Waals surface area contributed by atoms with E-state index in [1.165, 1.54) is 31.9 Å². The Balaban J connectivity index is 1.81. The van der Waals surface area contributed by atoms with Gasteiger partial charge in [0, 0.05) is 18.2 Å². The van der Waals surface area contributed by atoms with Crippen LogP contribution in [0.5, 0.6) is 0 Å². The van der Waals surface area contributed by atoms with Crippen LogP contribution in [0.4, 0.5) is 4.39 Å². The molecular formula is C16H25FN2.